The SMILES string of the molecule is CNc1nc(N2CCS(=O)CC2)nc(-n2cccn2)n1. The largest absolute Gasteiger partial charge is 0.357 e. The first kappa shape index (κ1) is 13.0. The van der Waals surface area contributed by atoms with Crippen LogP contribution < -0.4 is 10.2 Å². The average Bonchev–Trinajstić information content (AvgIpc) is 3.02. The van der Waals surface area contributed by atoms with Crippen molar-refractivity contribution < 1.29 is 4.21 Å². The van der Waals surface area contributed by atoms with Gasteiger partial charge in [-0.25, -0.2) is 4.68 Å². The van der Waals surface area contributed by atoms with Crippen LogP contribution in [0.15, 0.2) is 18.5 Å². The lowest BCUT2D eigenvalue weighted by molar-refractivity contribution is 0.670. The third kappa shape index (κ3) is 2.62. The van der Waals surface area contributed by atoms with Crippen molar-refractivity contribution in [3.63, 3.8) is 0 Å². The summed E-state index contributed by atoms with van der Waals surface area (Å²) in [6, 6.07) is 1.81. The smallest absolute Gasteiger partial charge is 0.257 e. The van der Waals surface area contributed by atoms with Gasteiger partial charge in [-0.3, -0.25) is 4.21 Å². The van der Waals surface area contributed by atoms with Gasteiger partial charge in [-0.1, -0.05) is 0 Å². The lowest BCUT2D eigenvalue weighted by Gasteiger charge is -2.26. The molecule has 20 heavy (non-hydrogen) atoms. The lowest BCUT2D eigenvalue weighted by Crippen LogP contribution is -2.39. The molecule has 1 N–H and O–H groups in total. The van der Waals surface area contributed by atoms with Gasteiger partial charge in [0.2, 0.25) is 11.9 Å². The van der Waals surface area contributed by atoms with Gasteiger partial charge in [0.15, 0.2) is 0 Å². The third-order valence-electron chi connectivity index (χ3n) is 3.01. The lowest BCUT2D eigenvalue weighted by atomic mass is 10.5. The highest BCUT2D eigenvalue weighted by molar-refractivity contribution is 7.85. The highest BCUT2D eigenvalue weighted by Gasteiger charge is 2.19. The molecule has 0 aliphatic carbocycles. The Bertz CT molecular complexity index is 605. The summed E-state index contributed by atoms with van der Waals surface area (Å²) in [5.41, 5.74) is 0. The van der Waals surface area contributed by atoms with Crippen LogP contribution in [0.25, 0.3) is 5.95 Å². The normalized spacial score (nSPS) is 16.4. The van der Waals surface area contributed by atoms with Gasteiger partial charge in [0.25, 0.3) is 5.95 Å². The first-order valence-corrected chi connectivity index (χ1v) is 7.79. The molecular formula is C11H15N7OS. The van der Waals surface area contributed by atoms with Crippen LogP contribution in [-0.2, 0) is 10.8 Å². The van der Waals surface area contributed by atoms with Crippen molar-refractivity contribution in [2.75, 3.05) is 41.9 Å². The van der Waals surface area contributed by atoms with Crippen molar-refractivity contribution in [1.82, 2.24) is 24.7 Å². The predicted octanol–water partition coefficient (Wildman–Crippen LogP) is -0.332. The van der Waals surface area contributed by atoms with E-state index >= 15 is 0 Å². The summed E-state index contributed by atoms with van der Waals surface area (Å²) in [4.78, 5) is 15.1. The molecule has 0 spiro atoms. The second kappa shape index (κ2) is 5.53. The molecule has 0 unspecified atom stereocenters. The molecule has 0 radical (unpaired) electrons. The van der Waals surface area contributed by atoms with Crippen molar-refractivity contribution in [3.05, 3.63) is 18.5 Å². The van der Waals surface area contributed by atoms with Crippen LogP contribution in [0, 0.1) is 0 Å². The summed E-state index contributed by atoms with van der Waals surface area (Å²) >= 11 is 0. The maximum Gasteiger partial charge on any atom is 0.257 e. The monoisotopic (exact) mass is 293 g/mol. The number of hydrogen-bond donors (Lipinski definition) is 1. The van der Waals surface area contributed by atoms with E-state index in [1.807, 2.05) is 11.0 Å². The van der Waals surface area contributed by atoms with Crippen molar-refractivity contribution in [1.29, 1.82) is 0 Å². The first-order chi connectivity index (χ1) is 9.76. The summed E-state index contributed by atoms with van der Waals surface area (Å²) in [7, 11) is 1.04. The van der Waals surface area contributed by atoms with E-state index in [9.17, 15) is 4.21 Å². The van der Waals surface area contributed by atoms with Gasteiger partial charge in [-0.2, -0.15) is 20.1 Å². The molecule has 1 aliphatic heterocycles. The molecule has 0 bridgehead atoms. The molecule has 8 nitrogen and oxygen atoms in total. The van der Waals surface area contributed by atoms with E-state index in [2.05, 4.69) is 25.4 Å². The van der Waals surface area contributed by atoms with Crippen LogP contribution in [0.5, 0.6) is 0 Å². The van der Waals surface area contributed by atoms with E-state index < -0.39 is 10.8 Å². The molecule has 3 rings (SSSR count). The van der Waals surface area contributed by atoms with Gasteiger partial charge in [-0.05, 0) is 6.07 Å². The Morgan fingerprint density at radius 1 is 1.20 bits per heavy atom. The fourth-order valence-corrected chi connectivity index (χ4v) is 2.99. The van der Waals surface area contributed by atoms with Gasteiger partial charge in [0, 0.05) is 54.8 Å². The Morgan fingerprint density at radius 2 is 1.95 bits per heavy atom. The summed E-state index contributed by atoms with van der Waals surface area (Å²) in [6.45, 7) is 1.39. The number of nitrogens with zero attached hydrogens (tertiary/aromatic N) is 6. The summed E-state index contributed by atoms with van der Waals surface area (Å²) in [5, 5.41) is 7.06. The highest BCUT2D eigenvalue weighted by Crippen LogP contribution is 2.14. The van der Waals surface area contributed by atoms with Crippen molar-refractivity contribution in [2.24, 2.45) is 0 Å². The van der Waals surface area contributed by atoms with E-state index in [1.54, 1.807) is 24.1 Å². The molecule has 9 heteroatoms. The maximum atomic E-state index is 11.4. The minimum atomic E-state index is -0.723. The van der Waals surface area contributed by atoms with Crippen LogP contribution >= 0.6 is 0 Å². The number of nitrogens with one attached hydrogen (secondary N) is 1. The van der Waals surface area contributed by atoms with E-state index in [-0.39, 0.29) is 0 Å². The Labute approximate surface area is 118 Å². The van der Waals surface area contributed by atoms with E-state index in [4.69, 9.17) is 0 Å². The Hall–Kier alpha value is -2.03. The Kier molecular flexibility index (Phi) is 3.59. The molecule has 2 aromatic rings. The molecule has 1 aliphatic rings. The fraction of sp³-hybridized carbons (Fsp3) is 0.455. The predicted molar refractivity (Wildman–Crippen MR) is 76.6 cm³/mol. The van der Waals surface area contributed by atoms with Gasteiger partial charge >= 0.3 is 0 Å². The zero-order valence-electron chi connectivity index (χ0n) is 11.1. The van der Waals surface area contributed by atoms with Crippen LogP contribution in [-0.4, -0.2) is 60.6 Å². The zero-order chi connectivity index (χ0) is 13.9. The minimum Gasteiger partial charge on any atom is -0.357 e. The molecule has 0 amide bonds. The first-order valence-electron chi connectivity index (χ1n) is 6.30. The van der Waals surface area contributed by atoms with Crippen LogP contribution in [0.1, 0.15) is 0 Å². The van der Waals surface area contributed by atoms with Crippen molar-refractivity contribution in [3.8, 4) is 5.95 Å². The molecule has 106 valence electrons. The summed E-state index contributed by atoms with van der Waals surface area (Å²) < 4.78 is 13.0. The summed E-state index contributed by atoms with van der Waals surface area (Å²) in [5.74, 6) is 2.85. The van der Waals surface area contributed by atoms with E-state index in [0.717, 1.165) is 0 Å². The number of hydrogen-bond acceptors (Lipinski definition) is 7. The number of anilines is 2. The standard InChI is InChI=1S/C11H15N7OS/c1-12-9-14-10(17-5-7-20(19)8-6-17)16-11(15-9)18-4-2-3-13-18/h2-4H,5-8H2,1H3,(H,12,14,15,16). The van der Waals surface area contributed by atoms with Gasteiger partial charge in [0.1, 0.15) is 0 Å². The highest BCUT2D eigenvalue weighted by atomic mass is 32.2. The fourth-order valence-electron chi connectivity index (χ4n) is 1.93. The van der Waals surface area contributed by atoms with E-state index in [1.165, 1.54) is 0 Å². The van der Waals surface area contributed by atoms with Gasteiger partial charge in [0.05, 0.1) is 0 Å². The second-order valence-corrected chi connectivity index (χ2v) is 5.99. The number of aromatic nitrogens is 5. The molecule has 3 heterocycles. The molecule has 0 atom stereocenters. The van der Waals surface area contributed by atoms with Crippen LogP contribution in [0.3, 0.4) is 0 Å². The molecule has 1 fully saturated rings. The van der Waals surface area contributed by atoms with Crippen molar-refractivity contribution >= 4 is 22.7 Å². The van der Waals surface area contributed by atoms with Gasteiger partial charge in [-0.15, -0.1) is 0 Å². The molecule has 0 aromatic carbocycles. The molecule has 0 saturated carbocycles. The molecular weight excluding hydrogens is 278 g/mol. The van der Waals surface area contributed by atoms with Gasteiger partial charge < -0.3 is 10.2 Å². The maximum absolute atomic E-state index is 11.4. The zero-order valence-corrected chi connectivity index (χ0v) is 11.9. The van der Waals surface area contributed by atoms with Crippen LogP contribution in [0.2, 0.25) is 0 Å². The summed E-state index contributed by atoms with van der Waals surface area (Å²) in [6.07, 6.45) is 3.45. The Balaban J connectivity index is 1.94. The Morgan fingerprint density at radius 3 is 2.60 bits per heavy atom. The minimum absolute atomic E-state index is 0.469. The second-order valence-electron chi connectivity index (χ2n) is 4.29. The topological polar surface area (TPSA) is 88.8 Å². The quantitative estimate of drug-likeness (QED) is 0.828. The third-order valence-corrected chi connectivity index (χ3v) is 4.28. The number of rotatable bonds is 3. The molecule has 1 saturated heterocycles. The molecule has 2 aromatic heterocycles. The van der Waals surface area contributed by atoms with E-state index in [0.29, 0.717) is 42.4 Å². The van der Waals surface area contributed by atoms with Crippen LogP contribution in [0.4, 0.5) is 11.9 Å². The van der Waals surface area contributed by atoms with Crippen molar-refractivity contribution in [2.45, 2.75) is 0 Å². The average molecular weight is 293 g/mol.